The summed E-state index contributed by atoms with van der Waals surface area (Å²) in [5.41, 5.74) is 14.7. The van der Waals surface area contributed by atoms with Gasteiger partial charge in [-0.05, 0) is 11.6 Å². The molecule has 0 heterocycles. The van der Waals surface area contributed by atoms with Crippen LogP contribution in [0.3, 0.4) is 0 Å². The minimum absolute atomic E-state index is 0.0576. The molecule has 0 aromatic heterocycles. The van der Waals surface area contributed by atoms with Crippen LogP contribution in [0, 0.1) is 0 Å². The Balaban J connectivity index is 2.90. The second-order valence-corrected chi connectivity index (χ2v) is 3.06. The number of aromatic hydroxyl groups is 1. The smallest absolute Gasteiger partial charge is 0.124 e. The fourth-order valence-electron chi connectivity index (χ4n) is 1.50. The molecule has 5 nitrogen and oxygen atoms in total. The molecule has 0 spiro atoms. The molecule has 0 aliphatic rings. The van der Waals surface area contributed by atoms with Crippen molar-refractivity contribution < 1.29 is 5.11 Å². The van der Waals surface area contributed by atoms with Crippen molar-refractivity contribution in [3.63, 3.8) is 0 Å². The Morgan fingerprint density at radius 3 is 2.60 bits per heavy atom. The number of rotatable bonds is 1. The van der Waals surface area contributed by atoms with Gasteiger partial charge >= 0.3 is 0 Å². The van der Waals surface area contributed by atoms with Crippen LogP contribution < -0.4 is 5.73 Å². The van der Waals surface area contributed by atoms with Crippen LogP contribution in [-0.4, -0.2) is 5.11 Å². The van der Waals surface area contributed by atoms with Gasteiger partial charge in [0, 0.05) is 21.4 Å². The van der Waals surface area contributed by atoms with Gasteiger partial charge < -0.3 is 10.8 Å². The van der Waals surface area contributed by atoms with Crippen LogP contribution in [0.15, 0.2) is 35.4 Å². The maximum absolute atomic E-state index is 9.66. The molecule has 0 saturated heterocycles. The Morgan fingerprint density at radius 2 is 1.93 bits per heavy atom. The van der Waals surface area contributed by atoms with Crippen molar-refractivity contribution in [2.24, 2.45) is 5.11 Å². The highest BCUT2D eigenvalue weighted by Crippen LogP contribution is 2.37. The molecular weight excluding hydrogens is 192 g/mol. The molecule has 0 aliphatic heterocycles. The minimum Gasteiger partial charge on any atom is -0.507 e. The summed E-state index contributed by atoms with van der Waals surface area (Å²) >= 11 is 0. The average Bonchev–Trinajstić information content (AvgIpc) is 2.26. The first-order chi connectivity index (χ1) is 7.24. The number of hydrogen-bond acceptors (Lipinski definition) is 3. The van der Waals surface area contributed by atoms with Gasteiger partial charge in [0.1, 0.15) is 5.75 Å². The number of nitrogens with two attached hydrogens (primary N) is 1. The topological polar surface area (TPSA) is 95.0 Å². The van der Waals surface area contributed by atoms with Crippen molar-refractivity contribution >= 4 is 22.1 Å². The van der Waals surface area contributed by atoms with Gasteiger partial charge in [0.05, 0.1) is 5.69 Å². The van der Waals surface area contributed by atoms with Crippen LogP contribution in [0.25, 0.3) is 21.2 Å². The van der Waals surface area contributed by atoms with Gasteiger partial charge in [-0.25, -0.2) is 0 Å². The normalized spacial score (nSPS) is 9.87. The van der Waals surface area contributed by atoms with E-state index in [1.807, 2.05) is 0 Å². The Morgan fingerprint density at radius 1 is 1.27 bits per heavy atom. The highest BCUT2D eigenvalue weighted by atomic mass is 16.3. The van der Waals surface area contributed by atoms with E-state index >= 15 is 0 Å². The molecule has 0 saturated carbocycles. The molecule has 0 fully saturated rings. The molecule has 0 bridgehead atoms. The molecule has 2 rings (SSSR count). The quantitative estimate of drug-likeness (QED) is 0.243. The van der Waals surface area contributed by atoms with E-state index in [0.29, 0.717) is 16.5 Å². The Bertz CT molecular complexity index is 573. The molecule has 2 aromatic rings. The second kappa shape index (κ2) is 3.40. The zero-order chi connectivity index (χ0) is 10.8. The predicted octanol–water partition coefficient (Wildman–Crippen LogP) is 3.07. The van der Waals surface area contributed by atoms with Gasteiger partial charge in [-0.1, -0.05) is 29.4 Å². The van der Waals surface area contributed by atoms with Crippen LogP contribution in [0.4, 0.5) is 11.4 Å². The number of phenols is 1. The van der Waals surface area contributed by atoms with E-state index in [0.717, 1.165) is 0 Å². The lowest BCUT2D eigenvalue weighted by Gasteiger charge is -2.06. The molecule has 0 amide bonds. The molecule has 0 aliphatic carbocycles. The van der Waals surface area contributed by atoms with Crippen LogP contribution in [-0.2, 0) is 0 Å². The van der Waals surface area contributed by atoms with E-state index in [2.05, 4.69) is 10.0 Å². The third-order valence-electron chi connectivity index (χ3n) is 2.20. The van der Waals surface area contributed by atoms with Crippen molar-refractivity contribution in [3.8, 4) is 5.75 Å². The summed E-state index contributed by atoms with van der Waals surface area (Å²) in [6, 6.07) is 8.48. The number of nitrogen functional groups attached to an aromatic ring is 1. The number of phenolic OH excluding ortho intramolecular Hbond substituents is 1. The van der Waals surface area contributed by atoms with E-state index in [9.17, 15) is 5.11 Å². The van der Waals surface area contributed by atoms with E-state index < -0.39 is 0 Å². The lowest BCUT2D eigenvalue weighted by atomic mass is 10.1. The van der Waals surface area contributed by atoms with Gasteiger partial charge in [-0.15, -0.1) is 0 Å². The summed E-state index contributed by atoms with van der Waals surface area (Å²) in [6.45, 7) is 0. The maximum Gasteiger partial charge on any atom is 0.124 e. The standard InChI is InChI=1S/C10H8N4O/c11-10-7-4-2-1-3-6(7)9(15)5-8(10)13-14-12/h1-5,15H,11H2. The number of hydrogen-bond donors (Lipinski definition) is 2. The Hall–Kier alpha value is -2.39. The first kappa shape index (κ1) is 9.18. The van der Waals surface area contributed by atoms with Gasteiger partial charge in [0.25, 0.3) is 0 Å². The van der Waals surface area contributed by atoms with Crippen molar-refractivity contribution in [1.82, 2.24) is 0 Å². The zero-order valence-corrected chi connectivity index (χ0v) is 7.75. The number of nitrogens with zero attached hydrogens (tertiary/aromatic N) is 3. The maximum atomic E-state index is 9.66. The van der Waals surface area contributed by atoms with Crippen molar-refractivity contribution in [1.29, 1.82) is 0 Å². The lowest BCUT2D eigenvalue weighted by Crippen LogP contribution is -1.87. The van der Waals surface area contributed by atoms with E-state index in [-0.39, 0.29) is 11.4 Å². The Kier molecular flexibility index (Phi) is 2.08. The third-order valence-corrected chi connectivity index (χ3v) is 2.20. The highest BCUT2D eigenvalue weighted by Gasteiger charge is 2.06. The lowest BCUT2D eigenvalue weighted by molar-refractivity contribution is 0.482. The highest BCUT2D eigenvalue weighted by molar-refractivity contribution is 6.01. The van der Waals surface area contributed by atoms with Gasteiger partial charge in [0.15, 0.2) is 0 Å². The number of anilines is 1. The van der Waals surface area contributed by atoms with Crippen LogP contribution in [0.5, 0.6) is 5.75 Å². The summed E-state index contributed by atoms with van der Waals surface area (Å²) in [4.78, 5) is 2.65. The SMILES string of the molecule is [N-]=[N+]=Nc1cc(O)c2ccccc2c1N. The molecule has 15 heavy (non-hydrogen) atoms. The molecule has 2 aromatic carbocycles. The largest absolute Gasteiger partial charge is 0.507 e. The van der Waals surface area contributed by atoms with Gasteiger partial charge in [-0.2, -0.15) is 0 Å². The van der Waals surface area contributed by atoms with Crippen LogP contribution >= 0.6 is 0 Å². The summed E-state index contributed by atoms with van der Waals surface area (Å²) in [5, 5.41) is 14.4. The molecule has 0 unspecified atom stereocenters. The molecule has 0 atom stereocenters. The first-order valence-corrected chi connectivity index (χ1v) is 4.29. The second-order valence-electron chi connectivity index (χ2n) is 3.06. The molecule has 5 heteroatoms. The summed E-state index contributed by atoms with van der Waals surface area (Å²) in [5.74, 6) is 0.0576. The van der Waals surface area contributed by atoms with E-state index in [4.69, 9.17) is 11.3 Å². The van der Waals surface area contributed by atoms with Crippen molar-refractivity contribution in [3.05, 3.63) is 40.8 Å². The van der Waals surface area contributed by atoms with Gasteiger partial charge in [0.2, 0.25) is 0 Å². The first-order valence-electron chi connectivity index (χ1n) is 4.29. The number of benzene rings is 2. The zero-order valence-electron chi connectivity index (χ0n) is 7.75. The molecule has 74 valence electrons. The molecule has 0 radical (unpaired) electrons. The summed E-state index contributed by atoms with van der Waals surface area (Å²) in [6.07, 6.45) is 0. The monoisotopic (exact) mass is 200 g/mol. The summed E-state index contributed by atoms with van der Waals surface area (Å²) in [7, 11) is 0. The van der Waals surface area contributed by atoms with E-state index in [1.165, 1.54) is 6.07 Å². The fourth-order valence-corrected chi connectivity index (χ4v) is 1.50. The average molecular weight is 200 g/mol. The minimum atomic E-state index is 0.0576. The van der Waals surface area contributed by atoms with Crippen LogP contribution in [0.1, 0.15) is 0 Å². The number of azide groups is 1. The van der Waals surface area contributed by atoms with Crippen molar-refractivity contribution in [2.75, 3.05) is 5.73 Å². The Labute approximate surface area is 85.4 Å². The van der Waals surface area contributed by atoms with E-state index in [1.54, 1.807) is 24.3 Å². The molecular formula is C10H8N4O. The van der Waals surface area contributed by atoms with Gasteiger partial charge in [-0.3, -0.25) is 0 Å². The molecule has 3 N–H and O–H groups in total. The third kappa shape index (κ3) is 1.41. The fraction of sp³-hybridized carbons (Fsp3) is 0. The van der Waals surface area contributed by atoms with Crippen LogP contribution in [0.2, 0.25) is 0 Å². The summed E-state index contributed by atoms with van der Waals surface area (Å²) < 4.78 is 0. The van der Waals surface area contributed by atoms with Crippen molar-refractivity contribution in [2.45, 2.75) is 0 Å². The predicted molar refractivity (Wildman–Crippen MR) is 58.8 cm³/mol. The number of fused-ring (bicyclic) bond motifs is 1.